The molecular weight excluding hydrogens is 517 g/mol. The van der Waals surface area contributed by atoms with Crippen LogP contribution < -0.4 is 5.32 Å². The fourth-order valence-corrected chi connectivity index (χ4v) is 5.11. The molecule has 0 amide bonds. The van der Waals surface area contributed by atoms with Crippen molar-refractivity contribution in [3.8, 4) is 11.3 Å². The Bertz CT molecular complexity index is 1530. The van der Waals surface area contributed by atoms with Crippen molar-refractivity contribution in [2.45, 2.75) is 18.8 Å². The van der Waals surface area contributed by atoms with E-state index in [0.29, 0.717) is 22.4 Å². The lowest BCUT2D eigenvalue weighted by Gasteiger charge is -2.27. The minimum atomic E-state index is -3.44. The van der Waals surface area contributed by atoms with Crippen LogP contribution in [0.4, 0.5) is 11.6 Å². The van der Waals surface area contributed by atoms with Gasteiger partial charge >= 0.3 is 0 Å². The van der Waals surface area contributed by atoms with Crippen LogP contribution in [0.15, 0.2) is 72.9 Å². The van der Waals surface area contributed by atoms with Gasteiger partial charge in [-0.25, -0.2) is 9.97 Å². The second-order valence-corrected chi connectivity index (χ2v) is 11.1. The van der Waals surface area contributed by atoms with Crippen molar-refractivity contribution >= 4 is 45.0 Å². The van der Waals surface area contributed by atoms with Crippen LogP contribution in [-0.4, -0.2) is 31.2 Å². The Labute approximate surface area is 220 Å². The van der Waals surface area contributed by atoms with Crippen LogP contribution in [0.1, 0.15) is 28.2 Å². The molecular formula is C27H23Cl2N3O3S. The molecule has 0 radical (unpaired) electrons. The zero-order chi connectivity index (χ0) is 25.3. The van der Waals surface area contributed by atoms with Crippen LogP contribution in [0, 0.1) is 0 Å². The molecule has 5 rings (SSSR count). The van der Waals surface area contributed by atoms with Gasteiger partial charge in [0.2, 0.25) is 5.95 Å². The topological polar surface area (TPSA) is 81.2 Å². The van der Waals surface area contributed by atoms with Gasteiger partial charge in [0, 0.05) is 23.4 Å². The van der Waals surface area contributed by atoms with Gasteiger partial charge in [-0.05, 0) is 59.4 Å². The molecule has 9 heteroatoms. The molecule has 0 aliphatic heterocycles. The fraction of sp³-hybridized carbons (Fsp3) is 0.185. The predicted molar refractivity (Wildman–Crippen MR) is 144 cm³/mol. The highest BCUT2D eigenvalue weighted by atomic mass is 35.5. The number of hydrogen-bond donors (Lipinski definition) is 1. The molecule has 0 bridgehead atoms. The molecule has 184 valence electrons. The Morgan fingerprint density at radius 1 is 1.03 bits per heavy atom. The van der Waals surface area contributed by atoms with E-state index >= 15 is 0 Å². The third kappa shape index (κ3) is 5.55. The molecule has 0 saturated heterocycles. The van der Waals surface area contributed by atoms with Gasteiger partial charge in [-0.15, -0.1) is 0 Å². The highest BCUT2D eigenvalue weighted by Crippen LogP contribution is 2.42. The van der Waals surface area contributed by atoms with E-state index in [1.807, 2.05) is 60.8 Å². The lowest BCUT2D eigenvalue weighted by molar-refractivity contribution is 0.326. The van der Waals surface area contributed by atoms with E-state index in [0.717, 1.165) is 46.3 Å². The van der Waals surface area contributed by atoms with Gasteiger partial charge in [0.25, 0.3) is 10.1 Å². The minimum absolute atomic E-state index is 0.113. The summed E-state index contributed by atoms with van der Waals surface area (Å²) in [7, 11) is -3.44. The van der Waals surface area contributed by atoms with Crippen molar-refractivity contribution in [1.29, 1.82) is 0 Å². The van der Waals surface area contributed by atoms with Crippen LogP contribution in [0.3, 0.4) is 0 Å². The molecule has 1 aliphatic rings. The molecule has 1 aromatic heterocycles. The van der Waals surface area contributed by atoms with Crippen LogP contribution in [0.2, 0.25) is 10.0 Å². The van der Waals surface area contributed by atoms with Gasteiger partial charge in [0.15, 0.2) is 0 Å². The predicted octanol–water partition coefficient (Wildman–Crippen LogP) is 6.40. The summed E-state index contributed by atoms with van der Waals surface area (Å²) in [6.45, 7) is 0.113. The summed E-state index contributed by atoms with van der Waals surface area (Å²) in [5, 5.41) is 4.35. The number of halogens is 2. The average molecular weight is 540 g/mol. The Hall–Kier alpha value is -2.97. The molecule has 1 aliphatic carbocycles. The number of nitrogens with one attached hydrogen (secondary N) is 1. The molecule has 0 unspecified atom stereocenters. The van der Waals surface area contributed by atoms with E-state index in [2.05, 4.69) is 22.4 Å². The van der Waals surface area contributed by atoms with E-state index in [1.165, 1.54) is 5.56 Å². The van der Waals surface area contributed by atoms with Crippen molar-refractivity contribution in [3.05, 3.63) is 105 Å². The molecule has 1 heterocycles. The van der Waals surface area contributed by atoms with Gasteiger partial charge in [-0.3, -0.25) is 4.18 Å². The van der Waals surface area contributed by atoms with Crippen molar-refractivity contribution in [2.24, 2.45) is 0 Å². The third-order valence-electron chi connectivity index (χ3n) is 6.12. The summed E-state index contributed by atoms with van der Waals surface area (Å²) >= 11 is 12.5. The maximum Gasteiger partial charge on any atom is 0.264 e. The Morgan fingerprint density at radius 2 is 1.81 bits per heavy atom. The second kappa shape index (κ2) is 10.2. The number of hydrogen-bond acceptors (Lipinski definition) is 6. The zero-order valence-electron chi connectivity index (χ0n) is 19.4. The SMILES string of the molecule is CS(=O)(=O)OCCc1ccc(Nc2ncc3c(n2)-c2ccccc2[C@@H](c2ccc(Cl)c(Cl)c2)C3)cc1. The summed E-state index contributed by atoms with van der Waals surface area (Å²) in [4.78, 5) is 9.42. The number of aromatic nitrogens is 2. The van der Waals surface area contributed by atoms with Gasteiger partial charge in [0.1, 0.15) is 0 Å². The molecule has 0 spiro atoms. The monoisotopic (exact) mass is 539 g/mol. The minimum Gasteiger partial charge on any atom is -0.324 e. The molecule has 1 atom stereocenters. The second-order valence-electron chi connectivity index (χ2n) is 8.68. The van der Waals surface area contributed by atoms with Crippen molar-refractivity contribution in [1.82, 2.24) is 9.97 Å². The number of fused-ring (bicyclic) bond motifs is 3. The Balaban J connectivity index is 1.37. The number of anilines is 2. The summed E-state index contributed by atoms with van der Waals surface area (Å²) < 4.78 is 27.0. The lowest BCUT2D eigenvalue weighted by Crippen LogP contribution is -2.15. The van der Waals surface area contributed by atoms with Crippen molar-refractivity contribution in [2.75, 3.05) is 18.2 Å². The molecule has 4 aromatic rings. The van der Waals surface area contributed by atoms with Gasteiger partial charge in [-0.2, -0.15) is 8.42 Å². The molecule has 36 heavy (non-hydrogen) atoms. The van der Waals surface area contributed by atoms with Gasteiger partial charge in [-0.1, -0.05) is 65.7 Å². The molecule has 0 saturated carbocycles. The number of nitrogens with zero attached hydrogens (tertiary/aromatic N) is 2. The molecule has 1 N–H and O–H groups in total. The highest BCUT2D eigenvalue weighted by molar-refractivity contribution is 7.85. The maximum atomic E-state index is 11.1. The zero-order valence-corrected chi connectivity index (χ0v) is 21.7. The first-order chi connectivity index (χ1) is 17.3. The van der Waals surface area contributed by atoms with E-state index < -0.39 is 10.1 Å². The quantitative estimate of drug-likeness (QED) is 0.273. The molecule has 3 aromatic carbocycles. The summed E-state index contributed by atoms with van der Waals surface area (Å²) in [6, 6.07) is 21.7. The van der Waals surface area contributed by atoms with E-state index in [1.54, 1.807) is 0 Å². The first-order valence-electron chi connectivity index (χ1n) is 11.4. The average Bonchev–Trinajstić information content (AvgIpc) is 2.86. The van der Waals surface area contributed by atoms with Crippen LogP contribution in [0.25, 0.3) is 11.3 Å². The van der Waals surface area contributed by atoms with E-state index in [-0.39, 0.29) is 12.5 Å². The Morgan fingerprint density at radius 3 is 2.56 bits per heavy atom. The van der Waals surface area contributed by atoms with E-state index in [4.69, 9.17) is 32.4 Å². The first kappa shape index (κ1) is 24.7. The number of benzene rings is 3. The van der Waals surface area contributed by atoms with Gasteiger partial charge < -0.3 is 5.32 Å². The van der Waals surface area contributed by atoms with Crippen molar-refractivity contribution < 1.29 is 12.6 Å². The van der Waals surface area contributed by atoms with Crippen LogP contribution >= 0.6 is 23.2 Å². The van der Waals surface area contributed by atoms with E-state index in [9.17, 15) is 8.42 Å². The first-order valence-corrected chi connectivity index (χ1v) is 13.9. The maximum absolute atomic E-state index is 11.1. The summed E-state index contributed by atoms with van der Waals surface area (Å²) in [5.41, 5.74) is 7.14. The molecule has 0 fully saturated rings. The number of rotatable bonds is 7. The standard InChI is InChI=1S/C27H23Cl2N3O3S/c1-36(33,34)35-13-12-17-6-9-20(10-7-17)31-27-30-16-19-14-23(18-8-11-24(28)25(29)15-18)21-4-2-3-5-22(21)26(19)32-27/h2-11,15-16,23H,12-14H2,1H3,(H,30,31,32)/t23-/m1/s1. The highest BCUT2D eigenvalue weighted by Gasteiger charge is 2.27. The smallest absolute Gasteiger partial charge is 0.264 e. The molecule has 6 nitrogen and oxygen atoms in total. The lowest BCUT2D eigenvalue weighted by atomic mass is 9.78. The van der Waals surface area contributed by atoms with Crippen molar-refractivity contribution in [3.63, 3.8) is 0 Å². The summed E-state index contributed by atoms with van der Waals surface area (Å²) in [5.74, 6) is 0.634. The van der Waals surface area contributed by atoms with Gasteiger partial charge in [0.05, 0.1) is 28.6 Å². The van der Waals surface area contributed by atoms with Crippen LogP contribution in [0.5, 0.6) is 0 Å². The largest absolute Gasteiger partial charge is 0.324 e. The third-order valence-corrected chi connectivity index (χ3v) is 7.46. The van der Waals surface area contributed by atoms with Crippen LogP contribution in [-0.2, 0) is 27.1 Å². The normalized spacial score (nSPS) is 14.7. The fourth-order valence-electron chi connectivity index (χ4n) is 4.42. The Kier molecular flexibility index (Phi) is 6.99. The summed E-state index contributed by atoms with van der Waals surface area (Å²) in [6.07, 6.45) is 4.18.